The van der Waals surface area contributed by atoms with E-state index >= 15 is 0 Å². The Labute approximate surface area is 114 Å². The summed E-state index contributed by atoms with van der Waals surface area (Å²) in [6.45, 7) is 4.99. The van der Waals surface area contributed by atoms with Gasteiger partial charge in [0.05, 0.1) is 13.1 Å². The predicted octanol–water partition coefficient (Wildman–Crippen LogP) is 0.373. The molecular weight excluding hydrogens is 240 g/mol. The SMILES string of the molecule is Cc1ccc(CNC(=O)CN2CCC(N)CC2)n1C. The van der Waals surface area contributed by atoms with Crippen LogP contribution in [0.1, 0.15) is 24.2 Å². The zero-order chi connectivity index (χ0) is 13.8. The number of hydrogen-bond donors (Lipinski definition) is 2. The van der Waals surface area contributed by atoms with Crippen molar-refractivity contribution in [3.05, 3.63) is 23.5 Å². The maximum Gasteiger partial charge on any atom is 0.234 e. The summed E-state index contributed by atoms with van der Waals surface area (Å²) in [5, 5.41) is 2.98. The van der Waals surface area contributed by atoms with Crippen LogP contribution in [0.5, 0.6) is 0 Å². The normalized spacial score (nSPS) is 17.6. The van der Waals surface area contributed by atoms with Crippen LogP contribution in [0.2, 0.25) is 0 Å². The van der Waals surface area contributed by atoms with Gasteiger partial charge in [0.1, 0.15) is 0 Å². The fourth-order valence-corrected chi connectivity index (χ4v) is 2.40. The Morgan fingerprint density at radius 3 is 2.68 bits per heavy atom. The van der Waals surface area contributed by atoms with Crippen molar-refractivity contribution < 1.29 is 4.79 Å². The molecule has 1 aliphatic rings. The number of carbonyl (C=O) groups is 1. The minimum Gasteiger partial charge on any atom is -0.350 e. The zero-order valence-electron chi connectivity index (χ0n) is 11.9. The Hall–Kier alpha value is -1.33. The van der Waals surface area contributed by atoms with Crippen molar-refractivity contribution in [2.45, 2.75) is 32.4 Å². The molecular formula is C14H24N4O. The van der Waals surface area contributed by atoms with Crippen LogP contribution in [0, 0.1) is 6.92 Å². The monoisotopic (exact) mass is 264 g/mol. The summed E-state index contributed by atoms with van der Waals surface area (Å²) in [6.07, 6.45) is 1.98. The average molecular weight is 264 g/mol. The van der Waals surface area contributed by atoms with E-state index in [9.17, 15) is 4.79 Å². The van der Waals surface area contributed by atoms with Crippen LogP contribution in [0.15, 0.2) is 12.1 Å². The first-order valence-corrected chi connectivity index (χ1v) is 6.92. The van der Waals surface area contributed by atoms with Gasteiger partial charge >= 0.3 is 0 Å². The third-order valence-electron chi connectivity index (χ3n) is 3.94. The maximum atomic E-state index is 11.9. The fraction of sp³-hybridized carbons (Fsp3) is 0.643. The molecule has 0 aliphatic carbocycles. The molecule has 0 atom stereocenters. The third kappa shape index (κ3) is 3.81. The van der Waals surface area contributed by atoms with Crippen molar-refractivity contribution in [1.82, 2.24) is 14.8 Å². The van der Waals surface area contributed by atoms with Gasteiger partial charge in [-0.05, 0) is 31.9 Å². The lowest BCUT2D eigenvalue weighted by Crippen LogP contribution is -2.44. The van der Waals surface area contributed by atoms with E-state index in [1.54, 1.807) is 0 Å². The summed E-state index contributed by atoms with van der Waals surface area (Å²) in [4.78, 5) is 14.1. The molecule has 1 aromatic heterocycles. The van der Waals surface area contributed by atoms with E-state index in [0.717, 1.165) is 31.6 Å². The van der Waals surface area contributed by atoms with E-state index < -0.39 is 0 Å². The number of nitrogens with one attached hydrogen (secondary N) is 1. The Morgan fingerprint density at radius 2 is 2.11 bits per heavy atom. The molecule has 0 bridgehead atoms. The second kappa shape index (κ2) is 6.21. The molecule has 106 valence electrons. The molecule has 3 N–H and O–H groups in total. The first-order valence-electron chi connectivity index (χ1n) is 6.92. The molecule has 19 heavy (non-hydrogen) atoms. The largest absolute Gasteiger partial charge is 0.350 e. The van der Waals surface area contributed by atoms with Gasteiger partial charge < -0.3 is 15.6 Å². The number of likely N-dealkylation sites (tertiary alicyclic amines) is 1. The van der Waals surface area contributed by atoms with Crippen LogP contribution < -0.4 is 11.1 Å². The van der Waals surface area contributed by atoms with Crippen molar-refractivity contribution in [1.29, 1.82) is 0 Å². The van der Waals surface area contributed by atoms with Gasteiger partial charge in [-0.2, -0.15) is 0 Å². The van der Waals surface area contributed by atoms with E-state index in [4.69, 9.17) is 5.73 Å². The molecule has 0 spiro atoms. The number of piperidine rings is 1. The van der Waals surface area contributed by atoms with Gasteiger partial charge in [0, 0.05) is 37.6 Å². The third-order valence-corrected chi connectivity index (χ3v) is 3.94. The molecule has 1 aliphatic heterocycles. The molecule has 0 unspecified atom stereocenters. The molecule has 0 radical (unpaired) electrons. The fourth-order valence-electron chi connectivity index (χ4n) is 2.40. The van der Waals surface area contributed by atoms with E-state index in [1.165, 1.54) is 5.69 Å². The minimum absolute atomic E-state index is 0.0920. The summed E-state index contributed by atoms with van der Waals surface area (Å²) < 4.78 is 2.10. The molecule has 0 saturated carbocycles. The highest BCUT2D eigenvalue weighted by Crippen LogP contribution is 2.08. The first-order chi connectivity index (χ1) is 9.06. The van der Waals surface area contributed by atoms with Crippen LogP contribution in [0.25, 0.3) is 0 Å². The Bertz CT molecular complexity index is 433. The summed E-state index contributed by atoms with van der Waals surface area (Å²) >= 11 is 0. The number of nitrogens with two attached hydrogens (primary N) is 1. The van der Waals surface area contributed by atoms with E-state index in [2.05, 4.69) is 33.8 Å². The van der Waals surface area contributed by atoms with Crippen molar-refractivity contribution in [3.63, 3.8) is 0 Å². The second-order valence-electron chi connectivity index (χ2n) is 5.42. The van der Waals surface area contributed by atoms with Crippen LogP contribution >= 0.6 is 0 Å². The van der Waals surface area contributed by atoms with Crippen molar-refractivity contribution in [2.24, 2.45) is 12.8 Å². The topological polar surface area (TPSA) is 63.3 Å². The number of amides is 1. The first kappa shape index (κ1) is 14.1. The minimum atomic E-state index is 0.0920. The number of aryl methyl sites for hydroxylation is 1. The molecule has 5 heteroatoms. The van der Waals surface area contributed by atoms with E-state index in [0.29, 0.717) is 19.1 Å². The lowest BCUT2D eigenvalue weighted by atomic mass is 10.1. The van der Waals surface area contributed by atoms with Gasteiger partial charge in [0.15, 0.2) is 0 Å². The summed E-state index contributed by atoms with van der Waals surface area (Å²) in [5.74, 6) is 0.0920. The zero-order valence-corrected chi connectivity index (χ0v) is 11.9. The second-order valence-corrected chi connectivity index (χ2v) is 5.42. The van der Waals surface area contributed by atoms with Gasteiger partial charge in [-0.25, -0.2) is 0 Å². The molecule has 5 nitrogen and oxygen atoms in total. The standard InChI is InChI=1S/C14H24N4O/c1-11-3-4-13(17(11)2)9-16-14(19)10-18-7-5-12(15)6-8-18/h3-4,12H,5-10,15H2,1-2H3,(H,16,19). The van der Waals surface area contributed by atoms with Gasteiger partial charge in [-0.1, -0.05) is 0 Å². The van der Waals surface area contributed by atoms with Crippen LogP contribution in [0.4, 0.5) is 0 Å². The Balaban J connectivity index is 1.74. The van der Waals surface area contributed by atoms with Gasteiger partial charge in [0.2, 0.25) is 5.91 Å². The lowest BCUT2D eigenvalue weighted by Gasteiger charge is -2.29. The van der Waals surface area contributed by atoms with Gasteiger partial charge in [-0.3, -0.25) is 9.69 Å². The highest BCUT2D eigenvalue weighted by Gasteiger charge is 2.18. The van der Waals surface area contributed by atoms with Crippen molar-refractivity contribution in [3.8, 4) is 0 Å². The van der Waals surface area contributed by atoms with Crippen LogP contribution in [0.3, 0.4) is 0 Å². The van der Waals surface area contributed by atoms with Gasteiger partial charge in [-0.15, -0.1) is 0 Å². The molecule has 0 aromatic carbocycles. The molecule has 2 heterocycles. The maximum absolute atomic E-state index is 11.9. The molecule has 2 rings (SSSR count). The number of aromatic nitrogens is 1. The Kier molecular flexibility index (Phi) is 4.61. The van der Waals surface area contributed by atoms with Gasteiger partial charge in [0.25, 0.3) is 0 Å². The Morgan fingerprint density at radius 1 is 1.42 bits per heavy atom. The lowest BCUT2D eigenvalue weighted by molar-refractivity contribution is -0.122. The van der Waals surface area contributed by atoms with Crippen molar-refractivity contribution >= 4 is 5.91 Å². The summed E-state index contributed by atoms with van der Waals surface area (Å²) in [6, 6.07) is 4.42. The van der Waals surface area contributed by atoms with Crippen LogP contribution in [-0.4, -0.2) is 41.1 Å². The molecule has 1 aromatic rings. The smallest absolute Gasteiger partial charge is 0.234 e. The molecule has 1 saturated heterocycles. The number of carbonyl (C=O) groups excluding carboxylic acids is 1. The van der Waals surface area contributed by atoms with Crippen LogP contribution in [-0.2, 0) is 18.4 Å². The van der Waals surface area contributed by atoms with Crippen molar-refractivity contribution in [2.75, 3.05) is 19.6 Å². The van der Waals surface area contributed by atoms with E-state index in [1.807, 2.05) is 7.05 Å². The van der Waals surface area contributed by atoms with E-state index in [-0.39, 0.29) is 5.91 Å². The highest BCUT2D eigenvalue weighted by atomic mass is 16.2. The number of rotatable bonds is 4. The number of nitrogens with zero attached hydrogens (tertiary/aromatic N) is 2. The molecule has 1 fully saturated rings. The predicted molar refractivity (Wildman–Crippen MR) is 75.6 cm³/mol. The summed E-state index contributed by atoms with van der Waals surface area (Å²) in [5.41, 5.74) is 8.19. The number of hydrogen-bond acceptors (Lipinski definition) is 3. The molecule has 1 amide bonds. The highest BCUT2D eigenvalue weighted by molar-refractivity contribution is 5.77. The average Bonchev–Trinajstić information content (AvgIpc) is 2.70. The quantitative estimate of drug-likeness (QED) is 0.826. The summed E-state index contributed by atoms with van der Waals surface area (Å²) in [7, 11) is 2.02.